The van der Waals surface area contributed by atoms with Gasteiger partial charge in [0, 0.05) is 6.54 Å². The monoisotopic (exact) mass is 259 g/mol. The fourth-order valence-electron chi connectivity index (χ4n) is 1.25. The Bertz CT molecular complexity index is 449. The standard InChI is InChI=1S/C14H17N3S/c1-3-9-15-14(18)17-16-11-12(2)10-13-7-5-4-6-8-13/h3-8,10-11H,1,9H2,2H3,(H2,15,17,18)/b12-10+,16-11-. The van der Waals surface area contributed by atoms with E-state index in [1.807, 2.05) is 43.3 Å². The zero-order valence-corrected chi connectivity index (χ0v) is 11.2. The van der Waals surface area contributed by atoms with Crippen molar-refractivity contribution in [3.8, 4) is 0 Å². The van der Waals surface area contributed by atoms with Gasteiger partial charge in [0.2, 0.25) is 0 Å². The van der Waals surface area contributed by atoms with Crippen LogP contribution in [-0.4, -0.2) is 17.9 Å². The summed E-state index contributed by atoms with van der Waals surface area (Å²) in [6, 6.07) is 10.1. The molecule has 1 rings (SSSR count). The van der Waals surface area contributed by atoms with Gasteiger partial charge >= 0.3 is 0 Å². The Morgan fingerprint density at radius 2 is 2.11 bits per heavy atom. The number of nitrogens with one attached hydrogen (secondary N) is 2. The number of rotatable bonds is 5. The molecule has 0 unspecified atom stereocenters. The molecule has 2 N–H and O–H groups in total. The highest BCUT2D eigenvalue weighted by Gasteiger charge is 1.89. The predicted molar refractivity (Wildman–Crippen MR) is 82.5 cm³/mol. The highest BCUT2D eigenvalue weighted by atomic mass is 32.1. The molecule has 0 aliphatic carbocycles. The van der Waals surface area contributed by atoms with Crippen molar-refractivity contribution in [2.24, 2.45) is 5.10 Å². The largest absolute Gasteiger partial charge is 0.358 e. The summed E-state index contributed by atoms with van der Waals surface area (Å²) in [4.78, 5) is 0. The average Bonchev–Trinajstić information content (AvgIpc) is 2.37. The Labute approximate surface area is 113 Å². The maximum Gasteiger partial charge on any atom is 0.187 e. The van der Waals surface area contributed by atoms with Crippen molar-refractivity contribution in [3.63, 3.8) is 0 Å². The van der Waals surface area contributed by atoms with Gasteiger partial charge in [-0.1, -0.05) is 42.5 Å². The van der Waals surface area contributed by atoms with Gasteiger partial charge in [-0.25, -0.2) is 0 Å². The lowest BCUT2D eigenvalue weighted by atomic mass is 10.1. The fraction of sp³-hybridized carbons (Fsp3) is 0.143. The summed E-state index contributed by atoms with van der Waals surface area (Å²) in [5, 5.41) is 7.45. The van der Waals surface area contributed by atoms with Gasteiger partial charge in [0.25, 0.3) is 0 Å². The first-order valence-corrected chi connectivity index (χ1v) is 6.04. The minimum atomic E-state index is 0.485. The third-order valence-corrected chi connectivity index (χ3v) is 2.27. The molecule has 0 saturated carbocycles. The molecule has 3 nitrogen and oxygen atoms in total. The van der Waals surface area contributed by atoms with Crippen LogP contribution in [0.3, 0.4) is 0 Å². The van der Waals surface area contributed by atoms with E-state index in [1.165, 1.54) is 0 Å². The molecule has 4 heteroatoms. The molecule has 0 amide bonds. The summed E-state index contributed by atoms with van der Waals surface area (Å²) >= 11 is 5.00. The Kier molecular flexibility index (Phi) is 6.43. The number of hydrogen-bond donors (Lipinski definition) is 2. The Hall–Kier alpha value is -1.94. The third-order valence-electron chi connectivity index (χ3n) is 2.04. The molecule has 1 aromatic carbocycles. The summed E-state index contributed by atoms with van der Waals surface area (Å²) in [6.07, 6.45) is 5.51. The summed E-state index contributed by atoms with van der Waals surface area (Å²) in [6.45, 7) is 6.20. The molecule has 0 saturated heterocycles. The van der Waals surface area contributed by atoms with E-state index in [2.05, 4.69) is 22.4 Å². The van der Waals surface area contributed by atoms with Crippen LogP contribution in [0.1, 0.15) is 12.5 Å². The van der Waals surface area contributed by atoms with Crippen molar-refractivity contribution >= 4 is 29.6 Å². The quantitative estimate of drug-likeness (QED) is 0.369. The normalized spacial score (nSPS) is 11.3. The molecule has 0 atom stereocenters. The molecule has 1 aromatic rings. The summed E-state index contributed by atoms with van der Waals surface area (Å²) in [7, 11) is 0. The second-order valence-corrected chi connectivity index (χ2v) is 4.08. The second-order valence-electron chi connectivity index (χ2n) is 3.67. The van der Waals surface area contributed by atoms with Crippen molar-refractivity contribution in [2.45, 2.75) is 6.92 Å². The van der Waals surface area contributed by atoms with Crippen LogP contribution >= 0.6 is 12.2 Å². The zero-order chi connectivity index (χ0) is 13.2. The van der Waals surface area contributed by atoms with Crippen LogP contribution in [0.15, 0.2) is 53.7 Å². The van der Waals surface area contributed by atoms with Gasteiger partial charge in [0.05, 0.1) is 6.21 Å². The number of hydrazone groups is 1. The van der Waals surface area contributed by atoms with Gasteiger partial charge in [0.1, 0.15) is 0 Å². The molecule has 94 valence electrons. The summed E-state index contributed by atoms with van der Waals surface area (Å²) in [5.74, 6) is 0. The highest BCUT2D eigenvalue weighted by Crippen LogP contribution is 2.04. The van der Waals surface area contributed by atoms with Crippen LogP contribution in [0.25, 0.3) is 6.08 Å². The second kappa shape index (κ2) is 8.20. The zero-order valence-electron chi connectivity index (χ0n) is 10.4. The van der Waals surface area contributed by atoms with Crippen molar-refractivity contribution in [3.05, 3.63) is 54.1 Å². The molecule has 0 spiro atoms. The molecule has 0 aliphatic heterocycles. The molecule has 0 heterocycles. The Morgan fingerprint density at radius 3 is 2.78 bits per heavy atom. The Morgan fingerprint density at radius 1 is 1.39 bits per heavy atom. The van der Waals surface area contributed by atoms with Gasteiger partial charge in [-0.05, 0) is 30.3 Å². The van der Waals surface area contributed by atoms with E-state index in [0.717, 1.165) is 11.1 Å². The topological polar surface area (TPSA) is 36.4 Å². The lowest BCUT2D eigenvalue weighted by molar-refractivity contribution is 0.941. The van der Waals surface area contributed by atoms with Crippen molar-refractivity contribution in [2.75, 3.05) is 6.54 Å². The third kappa shape index (κ3) is 5.96. The van der Waals surface area contributed by atoms with Crippen molar-refractivity contribution < 1.29 is 0 Å². The number of benzene rings is 1. The summed E-state index contributed by atoms with van der Waals surface area (Å²) in [5.41, 5.74) is 4.92. The first-order valence-electron chi connectivity index (χ1n) is 5.63. The molecule has 0 aliphatic rings. The molecule has 18 heavy (non-hydrogen) atoms. The van der Waals surface area contributed by atoms with E-state index < -0.39 is 0 Å². The van der Waals surface area contributed by atoms with Crippen LogP contribution in [0.5, 0.6) is 0 Å². The maximum atomic E-state index is 5.00. The van der Waals surface area contributed by atoms with Gasteiger partial charge < -0.3 is 5.32 Å². The molecule has 0 bridgehead atoms. The van der Waals surface area contributed by atoms with Crippen LogP contribution in [0.2, 0.25) is 0 Å². The maximum absolute atomic E-state index is 5.00. The predicted octanol–water partition coefficient (Wildman–Crippen LogP) is 2.73. The lowest BCUT2D eigenvalue weighted by Crippen LogP contribution is -2.31. The Balaban J connectivity index is 2.44. The smallest absolute Gasteiger partial charge is 0.187 e. The van der Waals surface area contributed by atoms with Crippen LogP contribution < -0.4 is 10.7 Å². The molecule has 0 radical (unpaired) electrons. The minimum absolute atomic E-state index is 0.485. The van der Waals surface area contributed by atoms with Crippen molar-refractivity contribution in [1.29, 1.82) is 0 Å². The molecule has 0 fully saturated rings. The minimum Gasteiger partial charge on any atom is -0.358 e. The van der Waals surface area contributed by atoms with Gasteiger partial charge in [0.15, 0.2) is 5.11 Å². The van der Waals surface area contributed by atoms with Gasteiger partial charge in [-0.3, -0.25) is 5.43 Å². The van der Waals surface area contributed by atoms with E-state index in [4.69, 9.17) is 12.2 Å². The first kappa shape index (κ1) is 14.1. The first-order chi connectivity index (χ1) is 8.72. The van der Waals surface area contributed by atoms with E-state index in [-0.39, 0.29) is 0 Å². The highest BCUT2D eigenvalue weighted by molar-refractivity contribution is 7.80. The van der Waals surface area contributed by atoms with Crippen molar-refractivity contribution in [1.82, 2.24) is 10.7 Å². The SMILES string of the molecule is C=CCNC(=S)N/N=C\C(C)=C\c1ccccc1. The lowest BCUT2D eigenvalue weighted by Gasteiger charge is -2.03. The van der Waals surface area contributed by atoms with Gasteiger partial charge in [-0.15, -0.1) is 6.58 Å². The molecular weight excluding hydrogens is 242 g/mol. The van der Waals surface area contributed by atoms with Crippen LogP contribution in [0.4, 0.5) is 0 Å². The van der Waals surface area contributed by atoms with Crippen LogP contribution in [0, 0.1) is 0 Å². The molecule has 0 aromatic heterocycles. The number of thiocarbonyl (C=S) groups is 1. The van der Waals surface area contributed by atoms with E-state index in [9.17, 15) is 0 Å². The average molecular weight is 259 g/mol. The number of nitrogens with zero attached hydrogens (tertiary/aromatic N) is 1. The number of allylic oxidation sites excluding steroid dienone is 1. The molecular formula is C14H17N3S. The van der Waals surface area contributed by atoms with Crippen LogP contribution in [-0.2, 0) is 0 Å². The van der Waals surface area contributed by atoms with E-state index in [1.54, 1.807) is 12.3 Å². The summed E-state index contributed by atoms with van der Waals surface area (Å²) < 4.78 is 0. The fourth-order valence-corrected chi connectivity index (χ4v) is 1.38. The number of hydrogen-bond acceptors (Lipinski definition) is 2. The van der Waals surface area contributed by atoms with E-state index >= 15 is 0 Å². The van der Waals surface area contributed by atoms with Gasteiger partial charge in [-0.2, -0.15) is 5.10 Å². The van der Waals surface area contributed by atoms with E-state index in [0.29, 0.717) is 11.7 Å².